The molecule has 2 amide bonds. The third-order valence-electron chi connectivity index (χ3n) is 2.02. The highest BCUT2D eigenvalue weighted by Crippen LogP contribution is 2.21. The summed E-state index contributed by atoms with van der Waals surface area (Å²) in [6.45, 7) is 0.544. The monoisotopic (exact) mass is 180 g/mol. The van der Waals surface area contributed by atoms with Crippen LogP contribution in [0.15, 0.2) is 18.2 Å². The van der Waals surface area contributed by atoms with Gasteiger partial charge in [-0.15, -0.1) is 0 Å². The summed E-state index contributed by atoms with van der Waals surface area (Å²) in [4.78, 5) is 11.0. The topological polar surface area (TPSA) is 41.1 Å². The lowest BCUT2D eigenvalue weighted by Crippen LogP contribution is -2.27. The summed E-state index contributed by atoms with van der Waals surface area (Å²) in [6, 6.07) is 4.45. The molecule has 0 radical (unpaired) electrons. The van der Waals surface area contributed by atoms with E-state index in [4.69, 9.17) is 0 Å². The number of benzene rings is 1. The number of nitrogens with one attached hydrogen (secondary N) is 2. The van der Waals surface area contributed by atoms with Crippen LogP contribution in [0.5, 0.6) is 0 Å². The van der Waals surface area contributed by atoms with E-state index in [1.807, 2.05) is 6.07 Å². The van der Waals surface area contributed by atoms with E-state index in [2.05, 4.69) is 10.6 Å². The van der Waals surface area contributed by atoms with Crippen molar-refractivity contribution in [2.24, 2.45) is 0 Å². The summed E-state index contributed by atoms with van der Waals surface area (Å²) in [5.41, 5.74) is 1.14. The van der Waals surface area contributed by atoms with Crippen molar-refractivity contribution in [2.45, 2.75) is 6.42 Å². The van der Waals surface area contributed by atoms with Crippen molar-refractivity contribution in [3.63, 3.8) is 0 Å². The van der Waals surface area contributed by atoms with Crippen LogP contribution in [0.2, 0.25) is 0 Å². The molecule has 0 saturated heterocycles. The largest absolute Gasteiger partial charge is 0.338 e. The second kappa shape index (κ2) is 3.05. The highest BCUT2D eigenvalue weighted by Gasteiger charge is 2.14. The number of hydrogen-bond donors (Lipinski definition) is 2. The predicted octanol–water partition coefficient (Wildman–Crippen LogP) is 1.50. The summed E-state index contributed by atoms with van der Waals surface area (Å²) >= 11 is 0. The molecular formula is C9H9FN2O. The van der Waals surface area contributed by atoms with Crippen molar-refractivity contribution in [3.05, 3.63) is 29.6 Å². The zero-order chi connectivity index (χ0) is 9.26. The smallest absolute Gasteiger partial charge is 0.319 e. The molecule has 0 aromatic heterocycles. The summed E-state index contributed by atoms with van der Waals surface area (Å²) in [5.74, 6) is -0.380. The van der Waals surface area contributed by atoms with Gasteiger partial charge >= 0.3 is 6.03 Å². The summed E-state index contributed by atoms with van der Waals surface area (Å²) < 4.78 is 13.2. The number of carbonyl (C=O) groups excluding carboxylic acids is 1. The fourth-order valence-corrected chi connectivity index (χ4v) is 1.39. The number of carbonyl (C=O) groups is 1. The Morgan fingerprint density at radius 1 is 1.38 bits per heavy atom. The Kier molecular flexibility index (Phi) is 1.88. The quantitative estimate of drug-likeness (QED) is 0.624. The summed E-state index contributed by atoms with van der Waals surface area (Å²) in [5, 5.41) is 5.07. The Hall–Kier alpha value is -1.58. The minimum atomic E-state index is -0.380. The molecule has 0 atom stereocenters. The molecule has 2 rings (SSSR count). The fraction of sp³-hybridized carbons (Fsp3) is 0.222. The molecule has 0 unspecified atom stereocenters. The average molecular weight is 180 g/mol. The van der Waals surface area contributed by atoms with E-state index in [1.54, 1.807) is 6.07 Å². The van der Waals surface area contributed by atoms with Gasteiger partial charge in [-0.1, -0.05) is 12.1 Å². The van der Waals surface area contributed by atoms with Gasteiger partial charge in [0.05, 0.1) is 5.69 Å². The second-order valence-electron chi connectivity index (χ2n) is 2.90. The van der Waals surface area contributed by atoms with Gasteiger partial charge in [0.2, 0.25) is 0 Å². The molecule has 3 nitrogen and oxygen atoms in total. The van der Waals surface area contributed by atoms with Crippen LogP contribution in [0.1, 0.15) is 5.56 Å². The first kappa shape index (κ1) is 8.04. The lowest BCUT2D eigenvalue weighted by atomic mass is 10.1. The number of amides is 2. The molecule has 1 aromatic carbocycles. The van der Waals surface area contributed by atoms with Gasteiger partial charge in [-0.25, -0.2) is 9.18 Å². The van der Waals surface area contributed by atoms with Crippen molar-refractivity contribution in [3.8, 4) is 0 Å². The number of fused-ring (bicyclic) bond motifs is 1. The lowest BCUT2D eigenvalue weighted by Gasteiger charge is -2.05. The molecule has 1 aromatic rings. The van der Waals surface area contributed by atoms with E-state index in [-0.39, 0.29) is 11.8 Å². The van der Waals surface area contributed by atoms with E-state index < -0.39 is 0 Å². The van der Waals surface area contributed by atoms with Crippen LogP contribution in [0, 0.1) is 5.82 Å². The van der Waals surface area contributed by atoms with E-state index in [9.17, 15) is 9.18 Å². The van der Waals surface area contributed by atoms with Crippen LogP contribution in [-0.4, -0.2) is 12.6 Å². The predicted molar refractivity (Wildman–Crippen MR) is 47.1 cm³/mol. The van der Waals surface area contributed by atoms with E-state index in [1.165, 1.54) is 6.07 Å². The van der Waals surface area contributed by atoms with Gasteiger partial charge in [0, 0.05) is 6.54 Å². The molecule has 0 bridgehead atoms. The Morgan fingerprint density at radius 2 is 2.23 bits per heavy atom. The number of halogens is 1. The van der Waals surface area contributed by atoms with Gasteiger partial charge in [0.1, 0.15) is 5.82 Å². The molecule has 0 fully saturated rings. The molecule has 68 valence electrons. The minimum Gasteiger partial charge on any atom is -0.338 e. The first-order valence-corrected chi connectivity index (χ1v) is 4.09. The zero-order valence-corrected chi connectivity index (χ0v) is 6.93. The van der Waals surface area contributed by atoms with Crippen LogP contribution >= 0.6 is 0 Å². The number of rotatable bonds is 0. The molecule has 0 saturated carbocycles. The van der Waals surface area contributed by atoms with Crippen molar-refractivity contribution < 1.29 is 9.18 Å². The second-order valence-corrected chi connectivity index (χ2v) is 2.90. The molecule has 0 aliphatic carbocycles. The number of hydrogen-bond acceptors (Lipinski definition) is 1. The van der Waals surface area contributed by atoms with Gasteiger partial charge in [0.15, 0.2) is 0 Å². The van der Waals surface area contributed by atoms with Crippen LogP contribution in [0.25, 0.3) is 0 Å². The first-order chi connectivity index (χ1) is 6.27. The maximum Gasteiger partial charge on any atom is 0.319 e. The van der Waals surface area contributed by atoms with Crippen LogP contribution in [-0.2, 0) is 6.42 Å². The molecule has 4 heteroatoms. The molecule has 1 aliphatic rings. The third-order valence-corrected chi connectivity index (χ3v) is 2.02. The zero-order valence-electron chi connectivity index (χ0n) is 6.93. The van der Waals surface area contributed by atoms with Crippen molar-refractivity contribution >= 4 is 11.7 Å². The van der Waals surface area contributed by atoms with Gasteiger partial charge in [-0.05, 0) is 18.1 Å². The highest BCUT2D eigenvalue weighted by molar-refractivity contribution is 5.91. The van der Waals surface area contributed by atoms with E-state index in [0.717, 1.165) is 5.56 Å². The van der Waals surface area contributed by atoms with Crippen LogP contribution < -0.4 is 10.6 Å². The maximum absolute atomic E-state index is 13.2. The van der Waals surface area contributed by atoms with E-state index >= 15 is 0 Å². The van der Waals surface area contributed by atoms with E-state index in [0.29, 0.717) is 18.7 Å². The van der Waals surface area contributed by atoms with Gasteiger partial charge < -0.3 is 10.6 Å². The van der Waals surface area contributed by atoms with Crippen molar-refractivity contribution in [2.75, 3.05) is 11.9 Å². The average Bonchev–Trinajstić information content (AvgIpc) is 2.28. The number of anilines is 1. The third kappa shape index (κ3) is 1.47. The minimum absolute atomic E-state index is 0.303. The van der Waals surface area contributed by atoms with Crippen molar-refractivity contribution in [1.29, 1.82) is 0 Å². The Bertz CT molecular complexity index is 351. The van der Waals surface area contributed by atoms with Gasteiger partial charge in [-0.2, -0.15) is 0 Å². The van der Waals surface area contributed by atoms with Gasteiger partial charge in [-0.3, -0.25) is 0 Å². The molecule has 1 heterocycles. The lowest BCUT2D eigenvalue weighted by molar-refractivity contribution is 0.252. The number of para-hydroxylation sites is 1. The van der Waals surface area contributed by atoms with Crippen molar-refractivity contribution in [1.82, 2.24) is 5.32 Å². The standard InChI is InChI=1S/C9H9FN2O/c10-7-3-1-2-6-4-5-11-9(13)12-8(6)7/h1-3H,4-5H2,(H2,11,12,13). The summed E-state index contributed by atoms with van der Waals surface area (Å²) in [6.07, 6.45) is 0.659. The molecule has 13 heavy (non-hydrogen) atoms. The Balaban J connectivity index is 2.46. The molecule has 1 aliphatic heterocycles. The Morgan fingerprint density at radius 3 is 3.08 bits per heavy atom. The molecular weight excluding hydrogens is 171 g/mol. The van der Waals surface area contributed by atoms with Crippen LogP contribution in [0.4, 0.5) is 14.9 Å². The normalized spacial score (nSPS) is 15.3. The highest BCUT2D eigenvalue weighted by atomic mass is 19.1. The number of urea groups is 1. The summed E-state index contributed by atoms with van der Waals surface area (Å²) in [7, 11) is 0. The van der Waals surface area contributed by atoms with Gasteiger partial charge in [0.25, 0.3) is 0 Å². The Labute approximate surface area is 74.9 Å². The van der Waals surface area contributed by atoms with Crippen LogP contribution in [0.3, 0.4) is 0 Å². The SMILES string of the molecule is O=C1NCCc2cccc(F)c2N1. The fourth-order valence-electron chi connectivity index (χ4n) is 1.39. The molecule has 0 spiro atoms. The molecule has 2 N–H and O–H groups in total. The maximum atomic E-state index is 13.2. The first-order valence-electron chi connectivity index (χ1n) is 4.09.